The third kappa shape index (κ3) is 6.23. The molecule has 1 aromatic rings. The van der Waals surface area contributed by atoms with Gasteiger partial charge in [-0.15, -0.1) is 0 Å². The minimum Gasteiger partial charge on any atom is -0.370 e. The number of benzene rings is 1. The highest BCUT2D eigenvalue weighted by Crippen LogP contribution is 2.15. The number of amides is 1. The van der Waals surface area contributed by atoms with Gasteiger partial charge in [0.15, 0.2) is 0 Å². The molecule has 0 saturated carbocycles. The van der Waals surface area contributed by atoms with Crippen molar-refractivity contribution < 1.29 is 14.4 Å². The molecule has 2 heterocycles. The van der Waals surface area contributed by atoms with Crippen molar-refractivity contribution in [2.24, 2.45) is 0 Å². The summed E-state index contributed by atoms with van der Waals surface area (Å²) in [4.78, 5) is 15.8. The van der Waals surface area contributed by atoms with Gasteiger partial charge in [0.2, 0.25) is 5.91 Å². The number of morpholine rings is 1. The van der Waals surface area contributed by atoms with Gasteiger partial charge in [-0.1, -0.05) is 48.2 Å². The first kappa shape index (κ1) is 19.6. The fourth-order valence-corrected chi connectivity index (χ4v) is 4.35. The number of hydrogen-bond donors (Lipinski definition) is 2. The Morgan fingerprint density at radius 1 is 1.15 bits per heavy atom. The van der Waals surface area contributed by atoms with Gasteiger partial charge in [0.25, 0.3) is 0 Å². The van der Waals surface area contributed by atoms with Crippen LogP contribution in [0.15, 0.2) is 24.3 Å². The Morgan fingerprint density at radius 2 is 1.81 bits per heavy atom. The van der Waals surface area contributed by atoms with Crippen LogP contribution < -0.4 is 10.2 Å². The molecule has 0 aromatic heterocycles. The number of thiocarbonyl (C=S) groups is 1. The van der Waals surface area contributed by atoms with Crippen molar-refractivity contribution in [1.82, 2.24) is 10.2 Å². The molecule has 0 spiro atoms. The monoisotopic (exact) mass is 394 g/mol. The minimum atomic E-state index is 0.0402. The topological polar surface area (TPSA) is 46.0 Å². The molecule has 0 atom stereocenters. The maximum absolute atomic E-state index is 12.0. The van der Waals surface area contributed by atoms with Gasteiger partial charge in [-0.25, -0.2) is 0 Å². The van der Waals surface area contributed by atoms with Crippen LogP contribution in [0.25, 0.3) is 0 Å². The summed E-state index contributed by atoms with van der Waals surface area (Å²) in [6.07, 6.45) is 2.41. The van der Waals surface area contributed by atoms with E-state index in [1.807, 2.05) is 0 Å². The number of thioether (sulfide) groups is 1. The minimum absolute atomic E-state index is 0.0402. The zero-order valence-electron chi connectivity index (χ0n) is 15.2. The molecule has 0 bridgehead atoms. The molecule has 1 amide bonds. The molecule has 2 aliphatic heterocycles. The molecular weight excluding hydrogens is 366 g/mol. The number of likely N-dealkylation sites (tertiary alicyclic amines) is 1. The molecule has 2 aliphatic rings. The summed E-state index contributed by atoms with van der Waals surface area (Å²) in [5.74, 6) is 0.437. The Balaban J connectivity index is 1.35. The van der Waals surface area contributed by atoms with Gasteiger partial charge in [-0.3, -0.25) is 4.79 Å². The smallest absolute Gasteiger partial charge is 0.230 e. The molecule has 26 heavy (non-hydrogen) atoms. The van der Waals surface area contributed by atoms with Crippen LogP contribution in [0.3, 0.4) is 0 Å². The van der Waals surface area contributed by atoms with Crippen LogP contribution >= 0.6 is 24.0 Å². The lowest BCUT2D eigenvalue weighted by molar-refractivity contribution is -0.921. The first-order valence-corrected chi connectivity index (χ1v) is 10.8. The molecule has 7 heteroatoms. The number of carbonyl (C=O) groups excluding carboxylic acids is 1. The fraction of sp³-hybridized carbons (Fsp3) is 0.579. The zero-order chi connectivity index (χ0) is 18.2. The Hall–Kier alpha value is -1.15. The molecule has 0 unspecified atom stereocenters. The van der Waals surface area contributed by atoms with Crippen molar-refractivity contribution in [3.05, 3.63) is 35.4 Å². The molecule has 2 saturated heterocycles. The number of carbonyl (C=O) groups is 1. The molecule has 142 valence electrons. The van der Waals surface area contributed by atoms with E-state index in [2.05, 4.69) is 34.5 Å². The van der Waals surface area contributed by atoms with Crippen molar-refractivity contribution in [3.8, 4) is 0 Å². The van der Waals surface area contributed by atoms with E-state index in [4.69, 9.17) is 17.0 Å². The second-order valence-corrected chi connectivity index (χ2v) is 8.49. The van der Waals surface area contributed by atoms with Crippen molar-refractivity contribution in [2.75, 3.05) is 45.1 Å². The Kier molecular flexibility index (Phi) is 7.73. The molecule has 5 nitrogen and oxygen atoms in total. The lowest BCUT2D eigenvalue weighted by Gasteiger charge is -2.23. The Bertz CT molecular complexity index is 597. The maximum atomic E-state index is 12.0. The van der Waals surface area contributed by atoms with E-state index in [1.165, 1.54) is 30.2 Å². The van der Waals surface area contributed by atoms with E-state index in [0.29, 0.717) is 12.3 Å². The van der Waals surface area contributed by atoms with E-state index in [9.17, 15) is 4.79 Å². The SMILES string of the molecule is O=C(CSC(=S)N1CCCC1)NCc1ccc(C[NH+]2CCOCC2)cc1. The van der Waals surface area contributed by atoms with Crippen LogP contribution in [-0.2, 0) is 22.6 Å². The summed E-state index contributed by atoms with van der Waals surface area (Å²) in [5.41, 5.74) is 2.47. The largest absolute Gasteiger partial charge is 0.370 e. The highest BCUT2D eigenvalue weighted by molar-refractivity contribution is 8.23. The average Bonchev–Trinajstić information content (AvgIpc) is 3.21. The van der Waals surface area contributed by atoms with Crippen molar-refractivity contribution in [2.45, 2.75) is 25.9 Å². The van der Waals surface area contributed by atoms with Gasteiger partial charge < -0.3 is 19.9 Å². The van der Waals surface area contributed by atoms with Gasteiger partial charge in [0.1, 0.15) is 24.0 Å². The lowest BCUT2D eigenvalue weighted by Crippen LogP contribution is -3.12. The summed E-state index contributed by atoms with van der Waals surface area (Å²) in [6, 6.07) is 8.55. The molecular formula is C19H28N3O2S2+. The number of ether oxygens (including phenoxy) is 1. The van der Waals surface area contributed by atoms with E-state index in [0.717, 1.165) is 55.8 Å². The average molecular weight is 395 g/mol. The number of rotatable bonds is 6. The molecule has 0 radical (unpaired) electrons. The summed E-state index contributed by atoms with van der Waals surface area (Å²) in [7, 11) is 0. The predicted molar refractivity (Wildman–Crippen MR) is 109 cm³/mol. The number of hydrogen-bond acceptors (Lipinski definition) is 4. The Labute approximate surface area is 165 Å². The van der Waals surface area contributed by atoms with Gasteiger partial charge in [-0.2, -0.15) is 0 Å². The normalized spacial score (nSPS) is 18.1. The van der Waals surface area contributed by atoms with Gasteiger partial charge in [0, 0.05) is 25.2 Å². The maximum Gasteiger partial charge on any atom is 0.230 e. The van der Waals surface area contributed by atoms with Crippen LogP contribution in [0, 0.1) is 0 Å². The molecule has 3 rings (SSSR count). The fourth-order valence-electron chi connectivity index (χ4n) is 3.27. The standard InChI is InChI=1S/C19H27N3O2S2/c23-18(15-26-19(25)22-7-1-2-8-22)20-13-16-3-5-17(6-4-16)14-21-9-11-24-12-10-21/h3-6H,1-2,7-15H2,(H,20,23)/p+1. The van der Waals surface area contributed by atoms with Gasteiger partial charge in [0.05, 0.1) is 19.0 Å². The van der Waals surface area contributed by atoms with Crippen molar-refractivity contribution in [3.63, 3.8) is 0 Å². The summed E-state index contributed by atoms with van der Waals surface area (Å²) in [6.45, 7) is 7.56. The molecule has 2 fully saturated rings. The van der Waals surface area contributed by atoms with Crippen LogP contribution in [0.1, 0.15) is 24.0 Å². The quantitative estimate of drug-likeness (QED) is 0.700. The zero-order valence-corrected chi connectivity index (χ0v) is 16.8. The highest BCUT2D eigenvalue weighted by atomic mass is 32.2. The summed E-state index contributed by atoms with van der Waals surface area (Å²) >= 11 is 6.86. The highest BCUT2D eigenvalue weighted by Gasteiger charge is 2.16. The van der Waals surface area contributed by atoms with Crippen LogP contribution in [0.4, 0.5) is 0 Å². The first-order chi connectivity index (χ1) is 12.7. The van der Waals surface area contributed by atoms with Crippen LogP contribution in [-0.4, -0.2) is 60.3 Å². The first-order valence-electron chi connectivity index (χ1n) is 9.38. The number of quaternary nitrogens is 1. The van der Waals surface area contributed by atoms with Crippen LogP contribution in [0.5, 0.6) is 0 Å². The number of nitrogens with one attached hydrogen (secondary N) is 2. The van der Waals surface area contributed by atoms with E-state index < -0.39 is 0 Å². The van der Waals surface area contributed by atoms with Crippen LogP contribution in [0.2, 0.25) is 0 Å². The van der Waals surface area contributed by atoms with E-state index in [-0.39, 0.29) is 5.91 Å². The number of nitrogens with zero attached hydrogens (tertiary/aromatic N) is 1. The van der Waals surface area contributed by atoms with Gasteiger partial charge in [-0.05, 0) is 18.4 Å². The van der Waals surface area contributed by atoms with Crippen molar-refractivity contribution >= 4 is 34.2 Å². The summed E-state index contributed by atoms with van der Waals surface area (Å²) in [5, 5.41) is 2.99. The third-order valence-electron chi connectivity index (χ3n) is 4.86. The molecule has 1 aromatic carbocycles. The summed E-state index contributed by atoms with van der Waals surface area (Å²) < 4.78 is 6.26. The van der Waals surface area contributed by atoms with Gasteiger partial charge >= 0.3 is 0 Å². The third-order valence-corrected chi connectivity index (χ3v) is 6.38. The molecule has 0 aliphatic carbocycles. The molecule has 2 N–H and O–H groups in total. The predicted octanol–water partition coefficient (Wildman–Crippen LogP) is 0.832. The second kappa shape index (κ2) is 10.3. The van der Waals surface area contributed by atoms with Crippen molar-refractivity contribution in [1.29, 1.82) is 0 Å². The van der Waals surface area contributed by atoms with E-state index in [1.54, 1.807) is 4.90 Å². The Morgan fingerprint density at radius 3 is 2.50 bits per heavy atom. The van der Waals surface area contributed by atoms with E-state index >= 15 is 0 Å². The lowest BCUT2D eigenvalue weighted by atomic mass is 10.1. The second-order valence-electron chi connectivity index (χ2n) is 6.88.